The smallest absolute Gasteiger partial charge is 0.192 e. The first-order valence-corrected chi connectivity index (χ1v) is 9.98. The summed E-state index contributed by atoms with van der Waals surface area (Å²) in [5, 5.41) is 7.93. The maximum Gasteiger partial charge on any atom is 0.192 e. The Hall–Kier alpha value is -2.60. The number of aliphatic imine (C=N–C) groups is 1. The van der Waals surface area contributed by atoms with Gasteiger partial charge in [-0.25, -0.2) is 9.98 Å². The van der Waals surface area contributed by atoms with Crippen molar-refractivity contribution in [2.45, 2.75) is 39.8 Å². The highest BCUT2D eigenvalue weighted by molar-refractivity contribution is 7.11. The summed E-state index contributed by atoms with van der Waals surface area (Å²) in [5.41, 5.74) is 2.31. The van der Waals surface area contributed by atoms with Crippen LogP contribution in [0.3, 0.4) is 0 Å². The molecular weight excluding hydrogens is 356 g/mol. The highest BCUT2D eigenvalue weighted by atomic mass is 32.1. The van der Waals surface area contributed by atoms with Gasteiger partial charge in [-0.1, -0.05) is 30.3 Å². The Labute approximate surface area is 164 Å². The second-order valence-corrected chi connectivity index (χ2v) is 7.73. The molecule has 0 saturated carbocycles. The lowest BCUT2D eigenvalue weighted by molar-refractivity contribution is 0.506. The first kappa shape index (κ1) is 19.2. The molecule has 6 heteroatoms. The van der Waals surface area contributed by atoms with E-state index in [2.05, 4.69) is 53.7 Å². The quantitative estimate of drug-likeness (QED) is 0.470. The molecule has 2 aromatic heterocycles. The Morgan fingerprint density at radius 2 is 2.00 bits per heavy atom. The summed E-state index contributed by atoms with van der Waals surface area (Å²) in [7, 11) is 0. The molecule has 0 aliphatic heterocycles. The number of hydrogen-bond donors (Lipinski definition) is 2. The third-order valence-electron chi connectivity index (χ3n) is 4.34. The lowest BCUT2D eigenvalue weighted by Crippen LogP contribution is -2.39. The van der Waals surface area contributed by atoms with E-state index in [1.807, 2.05) is 25.1 Å². The number of benzene rings is 1. The average molecular weight is 383 g/mol. The van der Waals surface area contributed by atoms with Gasteiger partial charge in [0.05, 0.1) is 24.5 Å². The van der Waals surface area contributed by atoms with Crippen LogP contribution >= 0.6 is 11.3 Å². The predicted molar refractivity (Wildman–Crippen MR) is 111 cm³/mol. The van der Waals surface area contributed by atoms with Crippen LogP contribution in [-0.4, -0.2) is 17.5 Å². The fraction of sp³-hybridized carbons (Fsp3) is 0.333. The van der Waals surface area contributed by atoms with Gasteiger partial charge in [0.25, 0.3) is 0 Å². The number of guanidine groups is 1. The number of nitrogens with one attached hydrogen (secondary N) is 2. The summed E-state index contributed by atoms with van der Waals surface area (Å²) in [6.45, 7) is 7.58. The second-order valence-electron chi connectivity index (χ2n) is 6.45. The van der Waals surface area contributed by atoms with E-state index in [1.165, 1.54) is 10.4 Å². The zero-order valence-electron chi connectivity index (χ0n) is 16.0. The molecule has 0 radical (unpaired) electrons. The van der Waals surface area contributed by atoms with Crippen molar-refractivity contribution in [3.63, 3.8) is 0 Å². The summed E-state index contributed by atoms with van der Waals surface area (Å²) < 4.78 is 5.40. The molecule has 0 bridgehead atoms. The molecule has 2 heterocycles. The number of nitrogens with zero attached hydrogens (tertiary/aromatic N) is 2. The van der Waals surface area contributed by atoms with Crippen molar-refractivity contribution in [1.29, 1.82) is 0 Å². The van der Waals surface area contributed by atoms with Gasteiger partial charge < -0.3 is 15.1 Å². The summed E-state index contributed by atoms with van der Waals surface area (Å²) in [6, 6.07) is 14.4. The Balaban J connectivity index is 1.65. The third-order valence-corrected chi connectivity index (χ3v) is 5.40. The van der Waals surface area contributed by atoms with Crippen LogP contribution in [0.2, 0.25) is 0 Å². The maximum absolute atomic E-state index is 5.40. The molecule has 142 valence electrons. The van der Waals surface area contributed by atoms with Crippen molar-refractivity contribution in [2.75, 3.05) is 6.54 Å². The Morgan fingerprint density at radius 3 is 2.67 bits per heavy atom. The molecule has 1 aromatic carbocycles. The van der Waals surface area contributed by atoms with Gasteiger partial charge in [-0.2, -0.15) is 0 Å². The standard InChI is InChI=1S/C21H26N4OS/c1-15-17(3)27-20(24-15)14-23-21(22-12-11-19-10-7-13-26-19)25-16(2)18-8-5-4-6-9-18/h4-10,13,16H,11-12,14H2,1-3H3,(H2,22,23,25). The number of hydrogen-bond acceptors (Lipinski definition) is 4. The molecule has 1 atom stereocenters. The van der Waals surface area contributed by atoms with Crippen LogP contribution in [0.15, 0.2) is 58.1 Å². The Morgan fingerprint density at radius 1 is 1.19 bits per heavy atom. The number of furan rings is 1. The lowest BCUT2D eigenvalue weighted by Gasteiger charge is -2.18. The molecule has 3 aromatic rings. The highest BCUT2D eigenvalue weighted by Crippen LogP contribution is 2.17. The van der Waals surface area contributed by atoms with Crippen LogP contribution in [0.25, 0.3) is 0 Å². The molecule has 0 aliphatic carbocycles. The topological polar surface area (TPSA) is 62.5 Å². The van der Waals surface area contributed by atoms with Gasteiger partial charge in [-0.05, 0) is 38.5 Å². The van der Waals surface area contributed by atoms with E-state index in [0.717, 1.165) is 35.4 Å². The van der Waals surface area contributed by atoms with Crippen molar-refractivity contribution < 1.29 is 4.42 Å². The molecule has 0 spiro atoms. The molecule has 0 saturated heterocycles. The van der Waals surface area contributed by atoms with Gasteiger partial charge in [0.15, 0.2) is 5.96 Å². The second kappa shape index (κ2) is 9.37. The zero-order valence-corrected chi connectivity index (χ0v) is 16.8. The normalized spacial score (nSPS) is 12.8. The first-order chi connectivity index (χ1) is 13.1. The van der Waals surface area contributed by atoms with Crippen molar-refractivity contribution >= 4 is 17.3 Å². The van der Waals surface area contributed by atoms with Crippen molar-refractivity contribution in [3.05, 3.63) is 75.6 Å². The van der Waals surface area contributed by atoms with Gasteiger partial charge in [-0.15, -0.1) is 11.3 Å². The fourth-order valence-electron chi connectivity index (χ4n) is 2.70. The van der Waals surface area contributed by atoms with E-state index in [0.29, 0.717) is 6.54 Å². The molecule has 5 nitrogen and oxygen atoms in total. The minimum Gasteiger partial charge on any atom is -0.469 e. The molecule has 0 amide bonds. The fourth-order valence-corrected chi connectivity index (χ4v) is 3.55. The summed E-state index contributed by atoms with van der Waals surface area (Å²) in [6.07, 6.45) is 2.51. The van der Waals surface area contributed by atoms with Crippen molar-refractivity contribution in [2.24, 2.45) is 4.99 Å². The molecule has 3 rings (SSSR count). The molecule has 2 N–H and O–H groups in total. The maximum atomic E-state index is 5.40. The van der Waals surface area contributed by atoms with Crippen LogP contribution in [-0.2, 0) is 13.0 Å². The average Bonchev–Trinajstić information content (AvgIpc) is 3.30. The van der Waals surface area contributed by atoms with Crippen LogP contribution in [0.5, 0.6) is 0 Å². The number of rotatable bonds is 7. The molecule has 0 fully saturated rings. The molecule has 1 unspecified atom stereocenters. The Bertz CT molecular complexity index is 836. The van der Waals surface area contributed by atoms with Crippen LogP contribution in [0.1, 0.15) is 39.9 Å². The van der Waals surface area contributed by atoms with Gasteiger partial charge in [0.2, 0.25) is 0 Å². The summed E-state index contributed by atoms with van der Waals surface area (Å²) in [5.74, 6) is 1.74. The van der Waals surface area contributed by atoms with E-state index >= 15 is 0 Å². The van der Waals surface area contributed by atoms with Gasteiger partial charge in [-0.3, -0.25) is 0 Å². The van der Waals surface area contributed by atoms with E-state index in [9.17, 15) is 0 Å². The van der Waals surface area contributed by atoms with Gasteiger partial charge in [0.1, 0.15) is 10.8 Å². The summed E-state index contributed by atoms with van der Waals surface area (Å²) in [4.78, 5) is 10.6. The van der Waals surface area contributed by atoms with Crippen LogP contribution < -0.4 is 10.6 Å². The minimum atomic E-state index is 0.154. The predicted octanol–water partition coefficient (Wildman–Crippen LogP) is 4.39. The van der Waals surface area contributed by atoms with E-state index < -0.39 is 0 Å². The van der Waals surface area contributed by atoms with E-state index in [1.54, 1.807) is 17.6 Å². The lowest BCUT2D eigenvalue weighted by atomic mass is 10.1. The number of aryl methyl sites for hydroxylation is 2. The van der Waals surface area contributed by atoms with E-state index in [4.69, 9.17) is 9.41 Å². The molecule has 0 aliphatic rings. The van der Waals surface area contributed by atoms with Crippen molar-refractivity contribution in [1.82, 2.24) is 15.6 Å². The monoisotopic (exact) mass is 382 g/mol. The SMILES string of the molecule is Cc1nc(CN=C(NCCc2ccco2)NC(C)c2ccccc2)sc1C. The van der Waals surface area contributed by atoms with E-state index in [-0.39, 0.29) is 6.04 Å². The summed E-state index contributed by atoms with van der Waals surface area (Å²) >= 11 is 1.70. The van der Waals surface area contributed by atoms with Crippen LogP contribution in [0.4, 0.5) is 0 Å². The largest absolute Gasteiger partial charge is 0.469 e. The Kier molecular flexibility index (Phi) is 6.65. The molecular formula is C21H26N4OS. The number of thiazole rings is 1. The highest BCUT2D eigenvalue weighted by Gasteiger charge is 2.09. The number of aromatic nitrogens is 1. The molecule has 27 heavy (non-hydrogen) atoms. The zero-order chi connectivity index (χ0) is 19.1. The first-order valence-electron chi connectivity index (χ1n) is 9.17. The van der Waals surface area contributed by atoms with Crippen LogP contribution in [0, 0.1) is 13.8 Å². The van der Waals surface area contributed by atoms with Crippen molar-refractivity contribution in [3.8, 4) is 0 Å². The third kappa shape index (κ3) is 5.69. The van der Waals surface area contributed by atoms with Gasteiger partial charge in [0, 0.05) is 17.8 Å². The van der Waals surface area contributed by atoms with Gasteiger partial charge >= 0.3 is 0 Å². The minimum absolute atomic E-state index is 0.154.